The fourth-order valence-corrected chi connectivity index (χ4v) is 2.50. The molecule has 1 aliphatic rings. The number of nitrogens with zero attached hydrogens (tertiary/aromatic N) is 2. The number of amides is 1. The Morgan fingerprint density at radius 2 is 2.18 bits per heavy atom. The minimum Gasteiger partial charge on any atom is -0.444 e. The molecule has 1 aliphatic heterocycles. The molecule has 1 amide bonds. The molecule has 1 N–H and O–H groups in total. The summed E-state index contributed by atoms with van der Waals surface area (Å²) in [6.07, 6.45) is -0.332. The molecule has 0 spiro atoms. The maximum atomic E-state index is 12.4. The zero-order valence-electron chi connectivity index (χ0n) is 13.1. The summed E-state index contributed by atoms with van der Waals surface area (Å²) < 4.78 is 11.0. The van der Waals surface area contributed by atoms with Crippen molar-refractivity contribution in [1.29, 1.82) is 0 Å². The van der Waals surface area contributed by atoms with E-state index in [4.69, 9.17) is 9.47 Å². The standard InChI is InChI=1S/C16H21N3O3/c1-16(2,3)22-15(20)19-8-9-21-10-13(19)14-17-11-6-4-5-7-12(11)18-14/h4-7,13H,8-10H2,1-3H3,(H,17,18). The molecule has 22 heavy (non-hydrogen) atoms. The molecule has 1 aromatic heterocycles. The van der Waals surface area contributed by atoms with Crippen LogP contribution in [0, 0.1) is 0 Å². The van der Waals surface area contributed by atoms with Gasteiger partial charge in [0.1, 0.15) is 17.5 Å². The normalized spacial score (nSPS) is 19.4. The molecule has 118 valence electrons. The Labute approximate surface area is 129 Å². The molecule has 6 nitrogen and oxygen atoms in total. The highest BCUT2D eigenvalue weighted by molar-refractivity contribution is 5.75. The maximum absolute atomic E-state index is 12.4. The van der Waals surface area contributed by atoms with Crippen LogP contribution in [0.25, 0.3) is 11.0 Å². The van der Waals surface area contributed by atoms with Crippen molar-refractivity contribution in [3.8, 4) is 0 Å². The Bertz CT molecular complexity index is 642. The predicted octanol–water partition coefficient (Wildman–Crippen LogP) is 2.87. The minimum absolute atomic E-state index is 0.254. The Morgan fingerprint density at radius 3 is 2.91 bits per heavy atom. The van der Waals surface area contributed by atoms with E-state index in [0.717, 1.165) is 16.9 Å². The van der Waals surface area contributed by atoms with Crippen LogP contribution in [-0.2, 0) is 9.47 Å². The average molecular weight is 303 g/mol. The first-order valence-electron chi connectivity index (χ1n) is 7.46. The van der Waals surface area contributed by atoms with E-state index in [2.05, 4.69) is 9.97 Å². The van der Waals surface area contributed by atoms with E-state index in [1.54, 1.807) is 4.90 Å². The van der Waals surface area contributed by atoms with Crippen LogP contribution < -0.4 is 0 Å². The molecule has 0 saturated carbocycles. The molecule has 1 saturated heterocycles. The first kappa shape index (κ1) is 14.8. The van der Waals surface area contributed by atoms with Crippen LogP contribution in [0.15, 0.2) is 24.3 Å². The molecule has 2 heterocycles. The Hall–Kier alpha value is -2.08. The molecule has 0 radical (unpaired) electrons. The second kappa shape index (κ2) is 5.61. The van der Waals surface area contributed by atoms with E-state index in [0.29, 0.717) is 19.8 Å². The van der Waals surface area contributed by atoms with Crippen molar-refractivity contribution < 1.29 is 14.3 Å². The van der Waals surface area contributed by atoms with Crippen molar-refractivity contribution >= 4 is 17.1 Å². The van der Waals surface area contributed by atoms with Gasteiger partial charge in [0.2, 0.25) is 0 Å². The van der Waals surface area contributed by atoms with Gasteiger partial charge in [0.05, 0.1) is 24.2 Å². The van der Waals surface area contributed by atoms with E-state index in [-0.39, 0.29) is 12.1 Å². The Kier molecular flexibility index (Phi) is 3.78. The van der Waals surface area contributed by atoms with Crippen LogP contribution in [0.3, 0.4) is 0 Å². The van der Waals surface area contributed by atoms with Crippen molar-refractivity contribution in [2.24, 2.45) is 0 Å². The smallest absolute Gasteiger partial charge is 0.411 e. The number of rotatable bonds is 1. The van der Waals surface area contributed by atoms with Gasteiger partial charge in [-0.15, -0.1) is 0 Å². The van der Waals surface area contributed by atoms with Gasteiger partial charge < -0.3 is 14.5 Å². The fourth-order valence-electron chi connectivity index (χ4n) is 2.50. The molecular formula is C16H21N3O3. The van der Waals surface area contributed by atoms with Crippen LogP contribution >= 0.6 is 0 Å². The number of morpholine rings is 1. The van der Waals surface area contributed by atoms with Crippen molar-refractivity contribution in [2.45, 2.75) is 32.4 Å². The first-order valence-corrected chi connectivity index (χ1v) is 7.46. The summed E-state index contributed by atoms with van der Waals surface area (Å²) in [6, 6.07) is 7.55. The lowest BCUT2D eigenvalue weighted by Gasteiger charge is -2.35. The summed E-state index contributed by atoms with van der Waals surface area (Å²) in [6.45, 7) is 7.01. The third kappa shape index (κ3) is 3.06. The number of imidazole rings is 1. The van der Waals surface area contributed by atoms with E-state index >= 15 is 0 Å². The van der Waals surface area contributed by atoms with Gasteiger partial charge in [-0.2, -0.15) is 0 Å². The van der Waals surface area contributed by atoms with Crippen LogP contribution in [0.4, 0.5) is 4.79 Å². The lowest BCUT2D eigenvalue weighted by Crippen LogP contribution is -2.46. The quantitative estimate of drug-likeness (QED) is 0.879. The number of aromatic amines is 1. The van der Waals surface area contributed by atoms with Gasteiger partial charge in [0, 0.05) is 6.54 Å². The number of carbonyl (C=O) groups is 1. The van der Waals surface area contributed by atoms with E-state index in [9.17, 15) is 4.79 Å². The molecule has 1 fully saturated rings. The summed E-state index contributed by atoms with van der Waals surface area (Å²) in [5, 5.41) is 0. The van der Waals surface area contributed by atoms with Crippen molar-refractivity contribution in [3.05, 3.63) is 30.1 Å². The van der Waals surface area contributed by atoms with Gasteiger partial charge in [-0.1, -0.05) is 12.1 Å². The van der Waals surface area contributed by atoms with Crippen molar-refractivity contribution in [1.82, 2.24) is 14.9 Å². The van der Waals surface area contributed by atoms with Crippen molar-refractivity contribution in [2.75, 3.05) is 19.8 Å². The summed E-state index contributed by atoms with van der Waals surface area (Å²) >= 11 is 0. The number of carbonyl (C=O) groups excluding carboxylic acids is 1. The van der Waals surface area contributed by atoms with Crippen LogP contribution in [0.5, 0.6) is 0 Å². The molecular weight excluding hydrogens is 282 g/mol. The SMILES string of the molecule is CC(C)(C)OC(=O)N1CCOCC1c1nc2ccccc2[nH]1. The van der Waals surface area contributed by atoms with E-state index in [1.807, 2.05) is 45.0 Å². The van der Waals surface area contributed by atoms with E-state index < -0.39 is 5.60 Å². The minimum atomic E-state index is -0.520. The summed E-state index contributed by atoms with van der Waals surface area (Å²) in [4.78, 5) is 22.0. The summed E-state index contributed by atoms with van der Waals surface area (Å²) in [5.74, 6) is 0.728. The van der Waals surface area contributed by atoms with Gasteiger partial charge in [-0.3, -0.25) is 4.90 Å². The van der Waals surface area contributed by atoms with Gasteiger partial charge >= 0.3 is 6.09 Å². The predicted molar refractivity (Wildman–Crippen MR) is 82.6 cm³/mol. The number of aromatic nitrogens is 2. The Morgan fingerprint density at radius 1 is 1.41 bits per heavy atom. The highest BCUT2D eigenvalue weighted by Crippen LogP contribution is 2.26. The molecule has 1 unspecified atom stereocenters. The third-order valence-electron chi connectivity index (χ3n) is 3.48. The van der Waals surface area contributed by atoms with Crippen LogP contribution in [0.1, 0.15) is 32.6 Å². The third-order valence-corrected chi connectivity index (χ3v) is 3.48. The zero-order chi connectivity index (χ0) is 15.7. The highest BCUT2D eigenvalue weighted by atomic mass is 16.6. The lowest BCUT2D eigenvalue weighted by molar-refractivity contribution is -0.0348. The second-order valence-electron chi connectivity index (χ2n) is 6.40. The number of H-pyrrole nitrogens is 1. The number of fused-ring (bicyclic) bond motifs is 1. The summed E-state index contributed by atoms with van der Waals surface area (Å²) in [7, 11) is 0. The van der Waals surface area contributed by atoms with Gasteiger partial charge in [-0.05, 0) is 32.9 Å². The van der Waals surface area contributed by atoms with Crippen molar-refractivity contribution in [3.63, 3.8) is 0 Å². The molecule has 1 aromatic carbocycles. The molecule has 2 aromatic rings. The van der Waals surface area contributed by atoms with Gasteiger partial charge in [-0.25, -0.2) is 9.78 Å². The number of para-hydroxylation sites is 2. The van der Waals surface area contributed by atoms with E-state index in [1.165, 1.54) is 0 Å². The number of hydrogen-bond acceptors (Lipinski definition) is 4. The highest BCUT2D eigenvalue weighted by Gasteiger charge is 2.33. The van der Waals surface area contributed by atoms with Gasteiger partial charge in [0.25, 0.3) is 0 Å². The van der Waals surface area contributed by atoms with Gasteiger partial charge in [0.15, 0.2) is 0 Å². The molecule has 3 rings (SSSR count). The monoisotopic (exact) mass is 303 g/mol. The largest absolute Gasteiger partial charge is 0.444 e. The van der Waals surface area contributed by atoms with Crippen LogP contribution in [-0.4, -0.2) is 46.3 Å². The molecule has 0 aliphatic carbocycles. The first-order chi connectivity index (χ1) is 10.4. The topological polar surface area (TPSA) is 67.4 Å². The molecule has 1 atom stereocenters. The number of hydrogen-bond donors (Lipinski definition) is 1. The van der Waals surface area contributed by atoms with Crippen LogP contribution in [0.2, 0.25) is 0 Å². The number of nitrogens with one attached hydrogen (secondary N) is 1. The Balaban J connectivity index is 1.87. The number of ether oxygens (including phenoxy) is 2. The lowest BCUT2D eigenvalue weighted by atomic mass is 10.2. The number of benzene rings is 1. The zero-order valence-corrected chi connectivity index (χ0v) is 13.1. The molecule has 6 heteroatoms. The maximum Gasteiger partial charge on any atom is 0.411 e. The molecule has 0 bridgehead atoms. The fraction of sp³-hybridized carbons (Fsp3) is 0.500. The average Bonchev–Trinajstić information content (AvgIpc) is 2.89. The second-order valence-corrected chi connectivity index (χ2v) is 6.40. The summed E-state index contributed by atoms with van der Waals surface area (Å²) in [5.41, 5.74) is 1.31.